The first kappa shape index (κ1) is 12.8. The summed E-state index contributed by atoms with van der Waals surface area (Å²) in [7, 11) is 0. The Morgan fingerprint density at radius 2 is 2.16 bits per heavy atom. The average Bonchev–Trinajstić information content (AvgIpc) is 2.83. The molecule has 0 saturated carbocycles. The van der Waals surface area contributed by atoms with E-state index in [1.54, 1.807) is 0 Å². The lowest BCUT2D eigenvalue weighted by atomic mass is 10.1. The van der Waals surface area contributed by atoms with Gasteiger partial charge in [-0.25, -0.2) is 0 Å². The van der Waals surface area contributed by atoms with Crippen molar-refractivity contribution in [1.29, 1.82) is 0 Å². The standard InChI is InChI=1S/C15H21NO3/c1-2-16-14-10-18-15-9-12(3-4-13(14)15)19-11-5-7-17-8-6-11/h3-4,9,11,14,16H,2,5-8,10H2,1H3. The molecular formula is C15H21NO3. The van der Waals surface area contributed by atoms with Gasteiger partial charge in [0.25, 0.3) is 0 Å². The van der Waals surface area contributed by atoms with Gasteiger partial charge in [0, 0.05) is 24.5 Å². The van der Waals surface area contributed by atoms with Gasteiger partial charge in [0.05, 0.1) is 19.3 Å². The zero-order valence-corrected chi connectivity index (χ0v) is 11.4. The molecule has 1 saturated heterocycles. The quantitative estimate of drug-likeness (QED) is 0.904. The maximum atomic E-state index is 6.00. The Bertz CT molecular complexity index is 429. The zero-order valence-electron chi connectivity index (χ0n) is 11.4. The van der Waals surface area contributed by atoms with Crippen LogP contribution in [0, 0.1) is 0 Å². The van der Waals surface area contributed by atoms with Crippen LogP contribution >= 0.6 is 0 Å². The van der Waals surface area contributed by atoms with Crippen molar-refractivity contribution in [3.05, 3.63) is 23.8 Å². The van der Waals surface area contributed by atoms with E-state index in [-0.39, 0.29) is 6.10 Å². The summed E-state index contributed by atoms with van der Waals surface area (Å²) in [5.74, 6) is 1.86. The molecule has 1 N–H and O–H groups in total. The van der Waals surface area contributed by atoms with Crippen molar-refractivity contribution < 1.29 is 14.2 Å². The van der Waals surface area contributed by atoms with E-state index in [4.69, 9.17) is 14.2 Å². The first-order valence-electron chi connectivity index (χ1n) is 7.11. The van der Waals surface area contributed by atoms with Gasteiger partial charge in [0.1, 0.15) is 24.2 Å². The number of hydrogen-bond acceptors (Lipinski definition) is 4. The molecule has 1 unspecified atom stereocenters. The van der Waals surface area contributed by atoms with Gasteiger partial charge in [0.2, 0.25) is 0 Å². The van der Waals surface area contributed by atoms with Gasteiger partial charge in [-0.05, 0) is 18.7 Å². The van der Waals surface area contributed by atoms with Crippen molar-refractivity contribution in [3.63, 3.8) is 0 Å². The number of rotatable bonds is 4. The second-order valence-electron chi connectivity index (χ2n) is 5.05. The molecule has 104 valence electrons. The second kappa shape index (κ2) is 5.80. The van der Waals surface area contributed by atoms with Crippen molar-refractivity contribution in [2.75, 3.05) is 26.4 Å². The molecule has 1 fully saturated rings. The summed E-state index contributed by atoms with van der Waals surface area (Å²) in [5, 5.41) is 3.42. The van der Waals surface area contributed by atoms with Crippen molar-refractivity contribution in [2.45, 2.75) is 31.9 Å². The normalized spacial score (nSPS) is 22.9. The SMILES string of the molecule is CCNC1COc2cc(OC3CCOCC3)ccc21. The highest BCUT2D eigenvalue weighted by Crippen LogP contribution is 2.35. The Hall–Kier alpha value is -1.26. The van der Waals surface area contributed by atoms with E-state index in [9.17, 15) is 0 Å². The van der Waals surface area contributed by atoms with E-state index in [2.05, 4.69) is 18.3 Å². The van der Waals surface area contributed by atoms with Crippen LogP contribution in [0.1, 0.15) is 31.4 Å². The smallest absolute Gasteiger partial charge is 0.128 e. The van der Waals surface area contributed by atoms with Crippen LogP contribution in [0.5, 0.6) is 11.5 Å². The molecule has 0 bridgehead atoms. The van der Waals surface area contributed by atoms with Gasteiger partial charge in [-0.2, -0.15) is 0 Å². The fourth-order valence-electron chi connectivity index (χ4n) is 2.67. The first-order valence-corrected chi connectivity index (χ1v) is 7.11. The van der Waals surface area contributed by atoms with Gasteiger partial charge < -0.3 is 19.5 Å². The van der Waals surface area contributed by atoms with Gasteiger partial charge in [-0.1, -0.05) is 6.92 Å². The molecule has 4 heteroatoms. The zero-order chi connectivity index (χ0) is 13.1. The Morgan fingerprint density at radius 3 is 2.95 bits per heavy atom. The minimum atomic E-state index is 0.276. The molecule has 1 aromatic rings. The first-order chi connectivity index (χ1) is 9.36. The molecule has 0 amide bonds. The number of ether oxygens (including phenoxy) is 3. The van der Waals surface area contributed by atoms with Crippen LogP contribution in [0.2, 0.25) is 0 Å². The molecule has 0 radical (unpaired) electrons. The number of benzene rings is 1. The molecule has 2 aliphatic rings. The summed E-state index contributed by atoms with van der Waals surface area (Å²) < 4.78 is 17.1. The van der Waals surface area contributed by atoms with Crippen molar-refractivity contribution >= 4 is 0 Å². The predicted octanol–water partition coefficient (Wildman–Crippen LogP) is 2.29. The molecular weight excluding hydrogens is 242 g/mol. The molecule has 0 spiro atoms. The number of hydrogen-bond donors (Lipinski definition) is 1. The van der Waals surface area contributed by atoms with E-state index in [0.29, 0.717) is 12.6 Å². The highest BCUT2D eigenvalue weighted by atomic mass is 16.5. The molecule has 4 nitrogen and oxygen atoms in total. The molecule has 3 rings (SSSR count). The third kappa shape index (κ3) is 2.85. The Kier molecular flexibility index (Phi) is 3.89. The third-order valence-electron chi connectivity index (χ3n) is 3.69. The second-order valence-corrected chi connectivity index (χ2v) is 5.05. The summed E-state index contributed by atoms with van der Waals surface area (Å²) in [6, 6.07) is 6.50. The van der Waals surface area contributed by atoms with E-state index in [1.165, 1.54) is 5.56 Å². The number of nitrogens with one attached hydrogen (secondary N) is 1. The molecule has 0 aliphatic carbocycles. The Morgan fingerprint density at radius 1 is 1.32 bits per heavy atom. The summed E-state index contributed by atoms with van der Waals surface area (Å²) >= 11 is 0. The summed E-state index contributed by atoms with van der Waals surface area (Å²) in [6.07, 6.45) is 2.22. The Balaban J connectivity index is 1.68. The van der Waals surface area contributed by atoms with Crippen molar-refractivity contribution in [2.24, 2.45) is 0 Å². The van der Waals surface area contributed by atoms with E-state index < -0.39 is 0 Å². The molecule has 1 aromatic carbocycles. The van der Waals surface area contributed by atoms with Crippen LogP contribution in [-0.2, 0) is 4.74 Å². The summed E-state index contributed by atoms with van der Waals surface area (Å²) in [5.41, 5.74) is 1.24. The number of likely N-dealkylation sites (N-methyl/N-ethyl adjacent to an activating group) is 1. The Labute approximate surface area is 114 Å². The van der Waals surface area contributed by atoms with E-state index in [1.807, 2.05) is 12.1 Å². The molecule has 2 heterocycles. The highest BCUT2D eigenvalue weighted by Gasteiger charge is 2.24. The molecule has 1 atom stereocenters. The predicted molar refractivity (Wildman–Crippen MR) is 72.8 cm³/mol. The lowest BCUT2D eigenvalue weighted by Gasteiger charge is -2.23. The largest absolute Gasteiger partial charge is 0.491 e. The van der Waals surface area contributed by atoms with Crippen molar-refractivity contribution in [1.82, 2.24) is 5.32 Å². The van der Waals surface area contributed by atoms with Crippen LogP contribution in [0.15, 0.2) is 18.2 Å². The number of fused-ring (bicyclic) bond motifs is 1. The maximum absolute atomic E-state index is 6.00. The van der Waals surface area contributed by atoms with Crippen LogP contribution in [-0.4, -0.2) is 32.5 Å². The third-order valence-corrected chi connectivity index (χ3v) is 3.69. The average molecular weight is 263 g/mol. The van der Waals surface area contributed by atoms with E-state index in [0.717, 1.165) is 44.1 Å². The van der Waals surface area contributed by atoms with Crippen LogP contribution in [0.25, 0.3) is 0 Å². The molecule has 19 heavy (non-hydrogen) atoms. The fourth-order valence-corrected chi connectivity index (χ4v) is 2.67. The van der Waals surface area contributed by atoms with Gasteiger partial charge in [-0.3, -0.25) is 0 Å². The molecule has 0 aromatic heterocycles. The topological polar surface area (TPSA) is 39.7 Å². The monoisotopic (exact) mass is 263 g/mol. The van der Waals surface area contributed by atoms with Crippen LogP contribution in [0.3, 0.4) is 0 Å². The fraction of sp³-hybridized carbons (Fsp3) is 0.600. The lowest BCUT2D eigenvalue weighted by molar-refractivity contribution is 0.0255. The van der Waals surface area contributed by atoms with Crippen LogP contribution < -0.4 is 14.8 Å². The summed E-state index contributed by atoms with van der Waals surface area (Å²) in [4.78, 5) is 0. The van der Waals surface area contributed by atoms with Crippen molar-refractivity contribution in [3.8, 4) is 11.5 Å². The van der Waals surface area contributed by atoms with E-state index >= 15 is 0 Å². The highest BCUT2D eigenvalue weighted by molar-refractivity contribution is 5.45. The minimum Gasteiger partial charge on any atom is -0.491 e. The van der Waals surface area contributed by atoms with Gasteiger partial charge in [-0.15, -0.1) is 0 Å². The van der Waals surface area contributed by atoms with Crippen LogP contribution in [0.4, 0.5) is 0 Å². The maximum Gasteiger partial charge on any atom is 0.128 e. The molecule has 2 aliphatic heterocycles. The van der Waals surface area contributed by atoms with Gasteiger partial charge >= 0.3 is 0 Å². The minimum absolute atomic E-state index is 0.276. The van der Waals surface area contributed by atoms with Gasteiger partial charge in [0.15, 0.2) is 0 Å². The lowest BCUT2D eigenvalue weighted by Crippen LogP contribution is -2.25. The summed E-state index contributed by atoms with van der Waals surface area (Å²) in [6.45, 7) is 5.38.